The molecule has 1 spiro atoms. The Morgan fingerprint density at radius 2 is 1.90 bits per heavy atom. The first-order valence-electron chi connectivity index (χ1n) is 10.5. The Bertz CT molecular complexity index is 760. The van der Waals surface area contributed by atoms with Crippen molar-refractivity contribution in [3.8, 4) is 11.5 Å². The monoisotopic (exact) mass is 420 g/mol. The number of amides is 1. The van der Waals surface area contributed by atoms with Crippen LogP contribution in [0.4, 0.5) is 0 Å². The van der Waals surface area contributed by atoms with Gasteiger partial charge in [0.05, 0.1) is 39.4 Å². The summed E-state index contributed by atoms with van der Waals surface area (Å²) in [6.45, 7) is 4.60. The Labute approximate surface area is 178 Å². The van der Waals surface area contributed by atoms with Crippen LogP contribution in [0.2, 0.25) is 0 Å². The molecule has 30 heavy (non-hydrogen) atoms. The Morgan fingerprint density at radius 3 is 2.50 bits per heavy atom. The first kappa shape index (κ1) is 22.4. The number of nitrogens with zero attached hydrogens (tertiary/aromatic N) is 2. The maximum Gasteiger partial charge on any atom is 0.311 e. The van der Waals surface area contributed by atoms with E-state index in [2.05, 4.69) is 4.90 Å². The van der Waals surface area contributed by atoms with Crippen LogP contribution in [-0.2, 0) is 25.7 Å². The second-order valence-corrected chi connectivity index (χ2v) is 7.83. The molecule has 1 aromatic carbocycles. The van der Waals surface area contributed by atoms with Gasteiger partial charge in [0.2, 0.25) is 5.91 Å². The molecule has 3 rings (SSSR count). The molecule has 1 atom stereocenters. The highest BCUT2D eigenvalue weighted by Crippen LogP contribution is 2.45. The first-order valence-corrected chi connectivity index (χ1v) is 10.5. The van der Waals surface area contributed by atoms with Gasteiger partial charge in [-0.2, -0.15) is 0 Å². The van der Waals surface area contributed by atoms with E-state index in [4.69, 9.17) is 19.0 Å². The molecule has 2 saturated heterocycles. The Kier molecular flexibility index (Phi) is 7.20. The average Bonchev–Trinajstić information content (AvgIpc) is 3.04. The molecule has 0 aromatic heterocycles. The lowest BCUT2D eigenvalue weighted by atomic mass is 9.77. The second kappa shape index (κ2) is 9.66. The summed E-state index contributed by atoms with van der Waals surface area (Å²) in [5, 5.41) is 1.49. The highest BCUT2D eigenvalue weighted by Gasteiger charge is 2.58. The largest absolute Gasteiger partial charge is 0.493 e. The second-order valence-electron chi connectivity index (χ2n) is 7.83. The molecule has 2 heterocycles. The van der Waals surface area contributed by atoms with E-state index in [1.165, 1.54) is 12.2 Å². The fourth-order valence-electron chi connectivity index (χ4n) is 4.63. The van der Waals surface area contributed by atoms with Crippen molar-refractivity contribution in [2.24, 2.45) is 5.92 Å². The number of piperidine rings is 1. The van der Waals surface area contributed by atoms with Crippen molar-refractivity contribution in [2.45, 2.75) is 44.7 Å². The van der Waals surface area contributed by atoms with Gasteiger partial charge < -0.3 is 14.2 Å². The van der Waals surface area contributed by atoms with Crippen molar-refractivity contribution in [3.05, 3.63) is 23.8 Å². The maximum atomic E-state index is 12.7. The van der Waals surface area contributed by atoms with Crippen molar-refractivity contribution < 1.29 is 28.6 Å². The third kappa shape index (κ3) is 4.11. The van der Waals surface area contributed by atoms with Gasteiger partial charge in [-0.05, 0) is 25.3 Å². The molecule has 0 radical (unpaired) electrons. The molecule has 1 aromatic rings. The van der Waals surface area contributed by atoms with Crippen LogP contribution in [0, 0.1) is 5.92 Å². The summed E-state index contributed by atoms with van der Waals surface area (Å²) in [5.74, 6) is 0.461. The van der Waals surface area contributed by atoms with E-state index in [0.717, 1.165) is 30.8 Å². The number of carbonyl (C=O) groups is 2. The van der Waals surface area contributed by atoms with Crippen LogP contribution in [0.15, 0.2) is 18.2 Å². The molecule has 2 aliphatic rings. The number of likely N-dealkylation sites (tertiary alicyclic amines) is 1. The fourth-order valence-corrected chi connectivity index (χ4v) is 4.63. The van der Waals surface area contributed by atoms with Crippen LogP contribution < -0.4 is 9.47 Å². The lowest BCUT2D eigenvalue weighted by Gasteiger charge is -2.45. The molecule has 8 heteroatoms. The first-order chi connectivity index (χ1) is 14.5. The van der Waals surface area contributed by atoms with E-state index in [9.17, 15) is 9.59 Å². The number of para-hydroxylation sites is 1. The maximum absolute atomic E-state index is 12.7. The number of esters is 1. The Morgan fingerprint density at radius 1 is 1.17 bits per heavy atom. The molecule has 1 unspecified atom stereocenters. The smallest absolute Gasteiger partial charge is 0.311 e. The SMILES string of the molecule is CCCON1C(=O)CC(C(=O)OC)C12CCN(Cc1cccc(OC)c1OC)CC2. The molecular formula is C22H32N2O6. The minimum Gasteiger partial charge on any atom is -0.493 e. The number of methoxy groups -OCH3 is 3. The van der Waals surface area contributed by atoms with Crippen molar-refractivity contribution in [3.63, 3.8) is 0 Å². The summed E-state index contributed by atoms with van der Waals surface area (Å²) in [5.41, 5.74) is 0.396. The third-order valence-electron chi connectivity index (χ3n) is 6.17. The van der Waals surface area contributed by atoms with Crippen molar-refractivity contribution in [1.29, 1.82) is 0 Å². The van der Waals surface area contributed by atoms with E-state index >= 15 is 0 Å². The number of hydrogen-bond donors (Lipinski definition) is 0. The number of hydroxylamine groups is 2. The van der Waals surface area contributed by atoms with Crippen molar-refractivity contribution in [2.75, 3.05) is 41.0 Å². The number of hydrogen-bond acceptors (Lipinski definition) is 7. The lowest BCUT2D eigenvalue weighted by Crippen LogP contribution is -2.57. The number of carbonyl (C=O) groups excluding carboxylic acids is 2. The van der Waals surface area contributed by atoms with Gasteiger partial charge >= 0.3 is 5.97 Å². The zero-order chi connectivity index (χ0) is 21.7. The van der Waals surface area contributed by atoms with E-state index in [1.807, 2.05) is 25.1 Å². The third-order valence-corrected chi connectivity index (χ3v) is 6.17. The standard InChI is InChI=1S/C22H32N2O6/c1-5-13-30-24-19(25)14-17(21(26)29-4)22(24)9-11-23(12-10-22)15-16-7-6-8-18(27-2)20(16)28-3/h6-8,17H,5,9-15H2,1-4H3. The lowest BCUT2D eigenvalue weighted by molar-refractivity contribution is -0.223. The van der Waals surface area contributed by atoms with Crippen LogP contribution in [0.3, 0.4) is 0 Å². The molecule has 0 saturated carbocycles. The highest BCUT2D eigenvalue weighted by molar-refractivity contribution is 5.88. The van der Waals surface area contributed by atoms with Gasteiger partial charge in [0, 0.05) is 31.6 Å². The van der Waals surface area contributed by atoms with E-state index in [1.54, 1.807) is 14.2 Å². The van der Waals surface area contributed by atoms with Gasteiger partial charge in [-0.3, -0.25) is 19.3 Å². The van der Waals surface area contributed by atoms with Crippen LogP contribution in [-0.4, -0.2) is 68.4 Å². The fraction of sp³-hybridized carbons (Fsp3) is 0.636. The molecule has 2 fully saturated rings. The zero-order valence-corrected chi connectivity index (χ0v) is 18.3. The quantitative estimate of drug-likeness (QED) is 0.598. The molecule has 2 aliphatic heterocycles. The van der Waals surface area contributed by atoms with Gasteiger partial charge in [0.15, 0.2) is 11.5 Å². The average molecular weight is 421 g/mol. The van der Waals surface area contributed by atoms with Crippen LogP contribution >= 0.6 is 0 Å². The summed E-state index contributed by atoms with van der Waals surface area (Å²) in [6, 6.07) is 5.85. The molecule has 8 nitrogen and oxygen atoms in total. The van der Waals surface area contributed by atoms with E-state index < -0.39 is 11.5 Å². The molecule has 0 aliphatic carbocycles. The minimum absolute atomic E-state index is 0.137. The topological polar surface area (TPSA) is 77.5 Å². The Balaban J connectivity index is 1.77. The van der Waals surface area contributed by atoms with Gasteiger partial charge in [-0.1, -0.05) is 19.1 Å². The summed E-state index contributed by atoms with van der Waals surface area (Å²) in [7, 11) is 4.64. The highest BCUT2D eigenvalue weighted by atomic mass is 16.7. The van der Waals surface area contributed by atoms with Crippen LogP contribution in [0.5, 0.6) is 11.5 Å². The Hall–Kier alpha value is -2.32. The van der Waals surface area contributed by atoms with Crippen LogP contribution in [0.1, 0.15) is 38.2 Å². The predicted molar refractivity (Wildman–Crippen MR) is 110 cm³/mol. The van der Waals surface area contributed by atoms with Gasteiger partial charge in [0.1, 0.15) is 0 Å². The van der Waals surface area contributed by atoms with Crippen LogP contribution in [0.25, 0.3) is 0 Å². The summed E-state index contributed by atoms with van der Waals surface area (Å²) >= 11 is 0. The summed E-state index contributed by atoms with van der Waals surface area (Å²) in [4.78, 5) is 33.3. The van der Waals surface area contributed by atoms with E-state index in [0.29, 0.717) is 31.7 Å². The molecular weight excluding hydrogens is 388 g/mol. The van der Waals surface area contributed by atoms with Crippen molar-refractivity contribution >= 4 is 11.9 Å². The van der Waals surface area contributed by atoms with Gasteiger partial charge in [0.25, 0.3) is 0 Å². The summed E-state index contributed by atoms with van der Waals surface area (Å²) < 4.78 is 16.0. The zero-order valence-electron chi connectivity index (χ0n) is 18.3. The molecule has 1 amide bonds. The number of rotatable bonds is 8. The van der Waals surface area contributed by atoms with Gasteiger partial charge in [-0.25, -0.2) is 5.06 Å². The number of ether oxygens (including phenoxy) is 3. The van der Waals surface area contributed by atoms with Gasteiger partial charge in [-0.15, -0.1) is 0 Å². The van der Waals surface area contributed by atoms with E-state index in [-0.39, 0.29) is 18.3 Å². The number of benzene rings is 1. The molecule has 0 N–H and O–H groups in total. The summed E-state index contributed by atoms with van der Waals surface area (Å²) in [6.07, 6.45) is 2.23. The van der Waals surface area contributed by atoms with Crippen molar-refractivity contribution in [1.82, 2.24) is 9.96 Å². The predicted octanol–water partition coefficient (Wildman–Crippen LogP) is 2.40. The normalized spacial score (nSPS) is 21.1. The molecule has 166 valence electrons. The minimum atomic E-state index is -0.645. The molecule has 0 bridgehead atoms.